The topological polar surface area (TPSA) is 45.2 Å². The summed E-state index contributed by atoms with van der Waals surface area (Å²) in [5.74, 6) is 0. The largest absolute Gasteiger partial charge is 0.396 e. The predicted octanol–water partition coefficient (Wildman–Crippen LogP) is 2.99. The molecule has 2 aromatic rings. The van der Waals surface area contributed by atoms with E-state index in [1.807, 2.05) is 12.4 Å². The molecule has 0 unspecified atom stereocenters. The third-order valence-electron chi connectivity index (χ3n) is 2.85. The summed E-state index contributed by atoms with van der Waals surface area (Å²) >= 11 is 1.68. The molecule has 2 rings (SSSR count). The van der Waals surface area contributed by atoms with Crippen molar-refractivity contribution in [2.45, 2.75) is 26.3 Å². The van der Waals surface area contributed by atoms with Gasteiger partial charge >= 0.3 is 0 Å². The molecule has 4 heteroatoms. The van der Waals surface area contributed by atoms with Crippen molar-refractivity contribution in [3.8, 4) is 0 Å². The third kappa shape index (κ3) is 3.55. The number of thiazole rings is 1. The van der Waals surface area contributed by atoms with Crippen LogP contribution in [0.25, 0.3) is 0 Å². The zero-order valence-corrected chi connectivity index (χ0v) is 11.3. The molecule has 3 nitrogen and oxygen atoms in total. The van der Waals surface area contributed by atoms with Gasteiger partial charge < -0.3 is 10.4 Å². The third-order valence-corrected chi connectivity index (χ3v) is 3.78. The summed E-state index contributed by atoms with van der Waals surface area (Å²) in [4.78, 5) is 5.51. The Hall–Kier alpha value is -1.39. The fourth-order valence-electron chi connectivity index (χ4n) is 1.80. The minimum atomic E-state index is 0.248. The number of rotatable bonds is 6. The summed E-state index contributed by atoms with van der Waals surface area (Å²) in [6.07, 6.45) is 1.74. The average Bonchev–Trinajstić information content (AvgIpc) is 2.80. The normalized spacial score (nSPS) is 10.6. The molecule has 0 amide bonds. The van der Waals surface area contributed by atoms with Crippen molar-refractivity contribution in [2.75, 3.05) is 11.9 Å². The number of benzene rings is 1. The zero-order chi connectivity index (χ0) is 12.8. The molecule has 0 spiro atoms. The first-order chi connectivity index (χ1) is 8.79. The molecule has 1 aromatic carbocycles. The van der Waals surface area contributed by atoms with Crippen LogP contribution in [0.2, 0.25) is 0 Å². The van der Waals surface area contributed by atoms with Crippen LogP contribution in [0.1, 0.15) is 22.6 Å². The van der Waals surface area contributed by atoms with Crippen molar-refractivity contribution in [2.24, 2.45) is 0 Å². The van der Waals surface area contributed by atoms with Crippen molar-refractivity contribution in [1.82, 2.24) is 4.98 Å². The Kier molecular flexibility index (Phi) is 4.73. The minimum absolute atomic E-state index is 0.248. The maximum Gasteiger partial charge on any atom is 0.0798 e. The summed E-state index contributed by atoms with van der Waals surface area (Å²) in [5.41, 5.74) is 5.36. The molecular formula is C14H18N2OS. The lowest BCUT2D eigenvalue weighted by Gasteiger charge is -2.07. The van der Waals surface area contributed by atoms with E-state index in [0.717, 1.165) is 30.8 Å². The highest BCUT2D eigenvalue weighted by molar-refractivity contribution is 7.09. The van der Waals surface area contributed by atoms with E-state index in [9.17, 15) is 0 Å². The number of aryl methyl sites for hydroxylation is 2. The maximum atomic E-state index is 8.83. The van der Waals surface area contributed by atoms with Crippen LogP contribution in [-0.2, 0) is 13.0 Å². The van der Waals surface area contributed by atoms with Crippen LogP contribution in [-0.4, -0.2) is 16.7 Å². The van der Waals surface area contributed by atoms with Gasteiger partial charge in [0.25, 0.3) is 0 Å². The van der Waals surface area contributed by atoms with Crippen molar-refractivity contribution < 1.29 is 5.11 Å². The van der Waals surface area contributed by atoms with Crippen LogP contribution in [0.3, 0.4) is 0 Å². The molecule has 0 saturated heterocycles. The van der Waals surface area contributed by atoms with E-state index < -0.39 is 0 Å². The van der Waals surface area contributed by atoms with Gasteiger partial charge in [-0.1, -0.05) is 12.1 Å². The molecule has 1 heterocycles. The molecule has 0 aliphatic rings. The highest BCUT2D eigenvalue weighted by Crippen LogP contribution is 2.16. The lowest BCUT2D eigenvalue weighted by atomic mass is 10.1. The standard InChI is InChI=1S/C14H18N2OS/c1-11-14(18-10-16-11)9-15-13-6-2-4-12(8-13)5-3-7-17/h2,4,6,8,10,15,17H,3,5,7,9H2,1H3. The number of nitrogens with zero attached hydrogens (tertiary/aromatic N) is 1. The van der Waals surface area contributed by atoms with E-state index in [1.54, 1.807) is 11.3 Å². The molecule has 0 aliphatic heterocycles. The van der Waals surface area contributed by atoms with Gasteiger partial charge in [0.15, 0.2) is 0 Å². The van der Waals surface area contributed by atoms with Crippen molar-refractivity contribution in [1.29, 1.82) is 0 Å². The fraction of sp³-hybridized carbons (Fsp3) is 0.357. The van der Waals surface area contributed by atoms with Crippen LogP contribution in [0, 0.1) is 6.92 Å². The Labute approximate surface area is 112 Å². The van der Waals surface area contributed by atoms with Crippen LogP contribution >= 0.6 is 11.3 Å². The molecule has 1 aromatic heterocycles. The molecule has 0 aliphatic carbocycles. The van der Waals surface area contributed by atoms with E-state index in [4.69, 9.17) is 5.11 Å². The number of anilines is 1. The molecule has 0 saturated carbocycles. The molecule has 0 radical (unpaired) electrons. The quantitative estimate of drug-likeness (QED) is 0.841. The lowest BCUT2D eigenvalue weighted by Crippen LogP contribution is -2.00. The van der Waals surface area contributed by atoms with Crippen LogP contribution in [0.15, 0.2) is 29.8 Å². The maximum absolute atomic E-state index is 8.83. The number of hydrogen-bond acceptors (Lipinski definition) is 4. The number of hydrogen-bond donors (Lipinski definition) is 2. The second-order valence-electron chi connectivity index (χ2n) is 4.24. The van der Waals surface area contributed by atoms with Gasteiger partial charge in [-0.25, -0.2) is 4.98 Å². The van der Waals surface area contributed by atoms with Crippen LogP contribution < -0.4 is 5.32 Å². The Morgan fingerprint density at radius 3 is 3.00 bits per heavy atom. The molecular weight excluding hydrogens is 244 g/mol. The van der Waals surface area contributed by atoms with Gasteiger partial charge in [0.05, 0.1) is 17.7 Å². The first kappa shape index (κ1) is 13.1. The average molecular weight is 262 g/mol. The lowest BCUT2D eigenvalue weighted by molar-refractivity contribution is 0.288. The number of nitrogens with one attached hydrogen (secondary N) is 1. The first-order valence-corrected chi connectivity index (χ1v) is 7.00. The summed E-state index contributed by atoms with van der Waals surface area (Å²) < 4.78 is 0. The van der Waals surface area contributed by atoms with Gasteiger partial charge in [-0.15, -0.1) is 11.3 Å². The predicted molar refractivity (Wildman–Crippen MR) is 76.0 cm³/mol. The molecule has 2 N–H and O–H groups in total. The van der Waals surface area contributed by atoms with E-state index in [1.165, 1.54) is 10.4 Å². The van der Waals surface area contributed by atoms with Gasteiger partial charge in [-0.2, -0.15) is 0 Å². The molecule has 18 heavy (non-hydrogen) atoms. The van der Waals surface area contributed by atoms with Crippen LogP contribution in [0.4, 0.5) is 5.69 Å². The summed E-state index contributed by atoms with van der Waals surface area (Å²) in [6.45, 7) is 3.10. The number of aliphatic hydroxyl groups is 1. The second-order valence-corrected chi connectivity index (χ2v) is 5.18. The van der Waals surface area contributed by atoms with E-state index in [0.29, 0.717) is 0 Å². The molecule has 0 fully saturated rings. The minimum Gasteiger partial charge on any atom is -0.396 e. The van der Waals surface area contributed by atoms with Crippen molar-refractivity contribution in [3.63, 3.8) is 0 Å². The number of aromatic nitrogens is 1. The number of aliphatic hydroxyl groups excluding tert-OH is 1. The molecule has 0 atom stereocenters. The zero-order valence-electron chi connectivity index (χ0n) is 10.5. The van der Waals surface area contributed by atoms with Gasteiger partial charge in [0, 0.05) is 17.2 Å². The summed E-state index contributed by atoms with van der Waals surface area (Å²) in [5, 5.41) is 12.2. The SMILES string of the molecule is Cc1ncsc1CNc1cccc(CCCO)c1. The second kappa shape index (κ2) is 6.52. The first-order valence-electron chi connectivity index (χ1n) is 6.12. The highest BCUT2D eigenvalue weighted by Gasteiger charge is 2.01. The van der Waals surface area contributed by atoms with Gasteiger partial charge in [0.2, 0.25) is 0 Å². The Balaban J connectivity index is 1.95. The van der Waals surface area contributed by atoms with E-state index >= 15 is 0 Å². The fourth-order valence-corrected chi connectivity index (χ4v) is 2.52. The van der Waals surface area contributed by atoms with Crippen molar-refractivity contribution in [3.05, 3.63) is 45.9 Å². The molecule has 0 bridgehead atoms. The van der Waals surface area contributed by atoms with E-state index in [2.05, 4.69) is 34.6 Å². The Bertz CT molecular complexity index is 496. The Morgan fingerprint density at radius 2 is 2.28 bits per heavy atom. The summed E-state index contributed by atoms with van der Waals surface area (Å²) in [6, 6.07) is 8.36. The van der Waals surface area contributed by atoms with Gasteiger partial charge in [-0.05, 0) is 37.5 Å². The summed E-state index contributed by atoms with van der Waals surface area (Å²) in [7, 11) is 0. The smallest absolute Gasteiger partial charge is 0.0798 e. The highest BCUT2D eigenvalue weighted by atomic mass is 32.1. The van der Waals surface area contributed by atoms with E-state index in [-0.39, 0.29) is 6.61 Å². The monoisotopic (exact) mass is 262 g/mol. The molecule has 96 valence electrons. The van der Waals surface area contributed by atoms with Gasteiger partial charge in [0.1, 0.15) is 0 Å². The Morgan fingerprint density at radius 1 is 1.39 bits per heavy atom. The van der Waals surface area contributed by atoms with Crippen molar-refractivity contribution >= 4 is 17.0 Å². The van der Waals surface area contributed by atoms with Gasteiger partial charge in [-0.3, -0.25) is 0 Å². The van der Waals surface area contributed by atoms with Crippen LogP contribution in [0.5, 0.6) is 0 Å².